The summed E-state index contributed by atoms with van der Waals surface area (Å²) in [5.41, 5.74) is 2.79. The van der Waals surface area contributed by atoms with Crippen LogP contribution < -0.4 is 5.32 Å². The van der Waals surface area contributed by atoms with Gasteiger partial charge in [-0.15, -0.1) is 0 Å². The van der Waals surface area contributed by atoms with Crippen LogP contribution in [0.15, 0.2) is 42.5 Å². The summed E-state index contributed by atoms with van der Waals surface area (Å²) >= 11 is 0. The monoisotopic (exact) mass is 351 g/mol. The molecule has 5 nitrogen and oxygen atoms in total. The Bertz CT molecular complexity index is 795. The van der Waals surface area contributed by atoms with E-state index in [1.54, 1.807) is 18.2 Å². The third-order valence-electron chi connectivity index (χ3n) is 4.81. The van der Waals surface area contributed by atoms with Crippen LogP contribution in [-0.2, 0) is 6.54 Å². The van der Waals surface area contributed by atoms with Gasteiger partial charge in [-0.05, 0) is 43.4 Å². The molecular weight excluding hydrogens is 326 g/mol. The highest BCUT2D eigenvalue weighted by atomic mass is 16.2. The van der Waals surface area contributed by atoms with Crippen LogP contribution in [-0.4, -0.2) is 34.8 Å². The van der Waals surface area contributed by atoms with Crippen LogP contribution in [0.3, 0.4) is 0 Å². The Morgan fingerprint density at radius 2 is 1.81 bits per heavy atom. The topological polar surface area (TPSA) is 62.3 Å². The van der Waals surface area contributed by atoms with Crippen molar-refractivity contribution in [3.63, 3.8) is 0 Å². The van der Waals surface area contributed by atoms with Crippen LogP contribution in [0.25, 0.3) is 0 Å². The first-order chi connectivity index (χ1) is 12.5. The molecule has 0 radical (unpaired) electrons. The van der Waals surface area contributed by atoms with E-state index in [1.807, 2.05) is 36.1 Å². The average Bonchev–Trinajstić information content (AvgIpc) is 2.66. The number of nitrogens with one attached hydrogen (secondary N) is 1. The second kappa shape index (κ2) is 8.13. The minimum Gasteiger partial charge on any atom is -0.347 e. The summed E-state index contributed by atoms with van der Waals surface area (Å²) in [6.45, 7) is 6.17. The molecule has 2 aromatic rings. The minimum absolute atomic E-state index is 0.0924. The molecule has 1 aromatic heterocycles. The lowest BCUT2D eigenvalue weighted by molar-refractivity contribution is 0.0691. The van der Waals surface area contributed by atoms with Gasteiger partial charge >= 0.3 is 0 Å². The van der Waals surface area contributed by atoms with E-state index in [-0.39, 0.29) is 17.5 Å². The Hall–Kier alpha value is -2.69. The van der Waals surface area contributed by atoms with Crippen molar-refractivity contribution in [1.82, 2.24) is 15.2 Å². The van der Waals surface area contributed by atoms with Crippen LogP contribution in [0.2, 0.25) is 0 Å². The highest BCUT2D eigenvalue weighted by Gasteiger charge is 2.23. The second-order valence-electron chi connectivity index (χ2n) is 7.05. The first-order valence-electron chi connectivity index (χ1n) is 9.13. The molecule has 0 aliphatic carbocycles. The highest BCUT2D eigenvalue weighted by Crippen LogP contribution is 2.17. The van der Waals surface area contributed by atoms with E-state index in [4.69, 9.17) is 0 Å². The third kappa shape index (κ3) is 4.48. The molecule has 0 bridgehead atoms. The fourth-order valence-electron chi connectivity index (χ4n) is 3.15. The zero-order chi connectivity index (χ0) is 18.5. The largest absolute Gasteiger partial charge is 0.347 e. The summed E-state index contributed by atoms with van der Waals surface area (Å²) in [6.07, 6.45) is 2.03. The van der Waals surface area contributed by atoms with Gasteiger partial charge in [-0.1, -0.05) is 42.8 Å². The molecule has 5 heteroatoms. The van der Waals surface area contributed by atoms with Crippen molar-refractivity contribution in [2.45, 2.75) is 33.2 Å². The number of carbonyl (C=O) groups excluding carboxylic acids is 2. The van der Waals surface area contributed by atoms with E-state index in [9.17, 15) is 9.59 Å². The van der Waals surface area contributed by atoms with Crippen LogP contribution in [0.5, 0.6) is 0 Å². The molecule has 26 heavy (non-hydrogen) atoms. The molecule has 0 unspecified atom stereocenters. The summed E-state index contributed by atoms with van der Waals surface area (Å²) in [5, 5.41) is 2.87. The molecule has 1 aliphatic heterocycles. The normalized spacial score (nSPS) is 14.9. The van der Waals surface area contributed by atoms with Gasteiger partial charge < -0.3 is 10.2 Å². The van der Waals surface area contributed by atoms with E-state index in [0.29, 0.717) is 18.2 Å². The smallest absolute Gasteiger partial charge is 0.272 e. The Kier molecular flexibility index (Phi) is 5.66. The molecule has 1 N–H and O–H groups in total. The third-order valence-corrected chi connectivity index (χ3v) is 4.81. The van der Waals surface area contributed by atoms with Gasteiger partial charge in [0.15, 0.2) is 0 Å². The van der Waals surface area contributed by atoms with E-state index in [1.165, 1.54) is 0 Å². The van der Waals surface area contributed by atoms with Crippen LogP contribution in [0, 0.1) is 12.8 Å². The zero-order valence-corrected chi connectivity index (χ0v) is 15.4. The Balaban J connectivity index is 1.64. The minimum atomic E-state index is -0.270. The van der Waals surface area contributed by atoms with Crippen molar-refractivity contribution in [1.29, 1.82) is 0 Å². The summed E-state index contributed by atoms with van der Waals surface area (Å²) in [7, 11) is 0. The molecule has 1 fully saturated rings. The molecule has 2 heterocycles. The quantitative estimate of drug-likeness (QED) is 0.920. The SMILES string of the molecule is Cc1cccc(CNC(=O)c2cccc(C(=O)N3CCC(C)CC3)n2)c1. The van der Waals surface area contributed by atoms with Gasteiger partial charge in [-0.2, -0.15) is 0 Å². The Morgan fingerprint density at radius 3 is 2.54 bits per heavy atom. The van der Waals surface area contributed by atoms with Crippen LogP contribution in [0.4, 0.5) is 0 Å². The van der Waals surface area contributed by atoms with E-state index in [2.05, 4.69) is 17.2 Å². The maximum absolute atomic E-state index is 12.6. The predicted octanol–water partition coefficient (Wildman–Crippen LogP) is 3.19. The van der Waals surface area contributed by atoms with Gasteiger partial charge in [0.2, 0.25) is 0 Å². The number of likely N-dealkylation sites (tertiary alicyclic amines) is 1. The average molecular weight is 351 g/mol. The number of hydrogen-bond donors (Lipinski definition) is 1. The lowest BCUT2D eigenvalue weighted by atomic mass is 9.99. The number of nitrogens with zero attached hydrogens (tertiary/aromatic N) is 2. The van der Waals surface area contributed by atoms with Gasteiger partial charge in [0.1, 0.15) is 11.4 Å². The Labute approximate surface area is 154 Å². The van der Waals surface area contributed by atoms with Crippen molar-refractivity contribution in [3.8, 4) is 0 Å². The Morgan fingerprint density at radius 1 is 1.12 bits per heavy atom. The molecule has 1 aliphatic rings. The fraction of sp³-hybridized carbons (Fsp3) is 0.381. The molecule has 1 saturated heterocycles. The number of benzene rings is 1. The molecule has 1 aromatic carbocycles. The van der Waals surface area contributed by atoms with Gasteiger partial charge in [0.25, 0.3) is 11.8 Å². The number of pyridine rings is 1. The lowest BCUT2D eigenvalue weighted by Crippen LogP contribution is -2.38. The number of carbonyl (C=O) groups is 2. The lowest BCUT2D eigenvalue weighted by Gasteiger charge is -2.30. The molecular formula is C21H25N3O2. The van der Waals surface area contributed by atoms with Crippen LogP contribution in [0.1, 0.15) is 51.9 Å². The number of aromatic nitrogens is 1. The predicted molar refractivity (Wildman–Crippen MR) is 101 cm³/mol. The number of amides is 2. The number of rotatable bonds is 4. The van der Waals surface area contributed by atoms with E-state index in [0.717, 1.165) is 37.1 Å². The van der Waals surface area contributed by atoms with Crippen molar-refractivity contribution >= 4 is 11.8 Å². The number of hydrogen-bond acceptors (Lipinski definition) is 3. The van der Waals surface area contributed by atoms with Crippen molar-refractivity contribution < 1.29 is 9.59 Å². The standard InChI is InChI=1S/C21H25N3O2/c1-15-9-11-24(12-10-15)21(26)19-8-4-7-18(23-19)20(25)22-14-17-6-3-5-16(2)13-17/h3-8,13,15H,9-12,14H2,1-2H3,(H,22,25). The molecule has 3 rings (SSSR count). The summed E-state index contributed by atoms with van der Waals surface area (Å²) in [6, 6.07) is 13.0. The van der Waals surface area contributed by atoms with Gasteiger partial charge in [0.05, 0.1) is 0 Å². The first-order valence-corrected chi connectivity index (χ1v) is 9.13. The number of aryl methyl sites for hydroxylation is 1. The molecule has 0 atom stereocenters. The molecule has 0 saturated carbocycles. The van der Waals surface area contributed by atoms with Gasteiger partial charge in [-0.3, -0.25) is 9.59 Å². The molecule has 136 valence electrons. The maximum Gasteiger partial charge on any atom is 0.272 e. The molecule has 2 amide bonds. The fourth-order valence-corrected chi connectivity index (χ4v) is 3.15. The second-order valence-corrected chi connectivity index (χ2v) is 7.05. The van der Waals surface area contributed by atoms with Crippen LogP contribution >= 0.6 is 0 Å². The number of piperidine rings is 1. The van der Waals surface area contributed by atoms with Crippen molar-refractivity contribution in [3.05, 3.63) is 65.0 Å². The summed E-state index contributed by atoms with van der Waals surface area (Å²) in [4.78, 5) is 31.2. The summed E-state index contributed by atoms with van der Waals surface area (Å²) < 4.78 is 0. The van der Waals surface area contributed by atoms with Gasteiger partial charge in [0, 0.05) is 19.6 Å². The van der Waals surface area contributed by atoms with Crippen molar-refractivity contribution in [2.75, 3.05) is 13.1 Å². The molecule has 0 spiro atoms. The van der Waals surface area contributed by atoms with Gasteiger partial charge in [-0.25, -0.2) is 4.98 Å². The first kappa shape index (κ1) is 18.1. The summed E-state index contributed by atoms with van der Waals surface area (Å²) in [5.74, 6) is 0.296. The van der Waals surface area contributed by atoms with E-state index >= 15 is 0 Å². The zero-order valence-electron chi connectivity index (χ0n) is 15.4. The maximum atomic E-state index is 12.6. The van der Waals surface area contributed by atoms with E-state index < -0.39 is 0 Å². The highest BCUT2D eigenvalue weighted by molar-refractivity contribution is 5.96. The van der Waals surface area contributed by atoms with Crippen molar-refractivity contribution in [2.24, 2.45) is 5.92 Å².